The van der Waals surface area contributed by atoms with Crippen LogP contribution in [0.5, 0.6) is 0 Å². The minimum atomic E-state index is -1.46. The topological polar surface area (TPSA) is 18.5 Å². The second-order valence-electron chi connectivity index (χ2n) is 9.21. The SMILES string of the molecule is CCOC(F)=C(F)c1ccc(C2CCC(C3CCC(c4cc(F)c(F)c(F)c4)OC3)CC2)cc1. The van der Waals surface area contributed by atoms with E-state index in [-0.39, 0.29) is 12.2 Å². The smallest absolute Gasteiger partial charge is 0.309 e. The van der Waals surface area contributed by atoms with Crippen LogP contribution in [0.15, 0.2) is 42.4 Å². The monoisotopic (exact) mass is 480 g/mol. The highest BCUT2D eigenvalue weighted by Gasteiger charge is 2.32. The Kier molecular flexibility index (Phi) is 7.91. The largest absolute Gasteiger partial charge is 0.469 e. The van der Waals surface area contributed by atoms with Gasteiger partial charge in [-0.1, -0.05) is 24.3 Å². The van der Waals surface area contributed by atoms with Crippen LogP contribution in [0.2, 0.25) is 0 Å². The molecule has 0 bridgehead atoms. The van der Waals surface area contributed by atoms with E-state index in [4.69, 9.17) is 4.74 Å². The maximum absolute atomic E-state index is 14.1. The van der Waals surface area contributed by atoms with Crippen LogP contribution in [-0.4, -0.2) is 13.2 Å². The van der Waals surface area contributed by atoms with Crippen molar-refractivity contribution in [2.24, 2.45) is 11.8 Å². The minimum absolute atomic E-state index is 0.0661. The zero-order valence-electron chi connectivity index (χ0n) is 19.1. The Morgan fingerprint density at radius 3 is 2.03 bits per heavy atom. The fourth-order valence-corrected chi connectivity index (χ4v) is 5.30. The summed E-state index contributed by atoms with van der Waals surface area (Å²) in [6, 6.07) is 7.74. The Morgan fingerprint density at radius 1 is 0.853 bits per heavy atom. The van der Waals surface area contributed by atoms with Gasteiger partial charge in [0.05, 0.1) is 19.3 Å². The molecular formula is C27H29F5O2. The summed E-state index contributed by atoms with van der Waals surface area (Å²) in [5.74, 6) is -3.55. The standard InChI is InChI=1S/C27H29F5O2/c1-2-33-27(32)25(30)19-9-7-17(8-10-19)16-3-5-18(6-4-16)20-11-12-24(34-15-20)21-13-22(28)26(31)23(29)14-21/h7-10,13-14,16,18,20,24H,2-6,11-12,15H2,1H3. The summed E-state index contributed by atoms with van der Waals surface area (Å²) in [4.78, 5) is 0. The average Bonchev–Trinajstić information content (AvgIpc) is 2.87. The Labute approximate surface area is 196 Å². The third-order valence-corrected chi connectivity index (χ3v) is 7.21. The fraction of sp³-hybridized carbons (Fsp3) is 0.481. The molecule has 1 saturated carbocycles. The van der Waals surface area contributed by atoms with Crippen molar-refractivity contribution < 1.29 is 31.4 Å². The first-order valence-corrected chi connectivity index (χ1v) is 11.9. The summed E-state index contributed by atoms with van der Waals surface area (Å²) in [5, 5.41) is 0. The van der Waals surface area contributed by atoms with Gasteiger partial charge < -0.3 is 9.47 Å². The Hall–Kier alpha value is -2.41. The molecule has 0 radical (unpaired) electrons. The van der Waals surface area contributed by atoms with E-state index in [9.17, 15) is 22.0 Å². The van der Waals surface area contributed by atoms with Crippen molar-refractivity contribution in [3.8, 4) is 0 Å². The number of benzene rings is 2. The van der Waals surface area contributed by atoms with Gasteiger partial charge in [-0.05, 0) is 86.5 Å². The van der Waals surface area contributed by atoms with Gasteiger partial charge >= 0.3 is 6.01 Å². The lowest BCUT2D eigenvalue weighted by molar-refractivity contribution is -0.0393. The highest BCUT2D eigenvalue weighted by Crippen LogP contribution is 2.43. The molecule has 2 aromatic rings. The zero-order valence-corrected chi connectivity index (χ0v) is 19.1. The van der Waals surface area contributed by atoms with Crippen LogP contribution in [0, 0.1) is 29.3 Å². The number of hydrogen-bond acceptors (Lipinski definition) is 2. The molecule has 0 N–H and O–H groups in total. The molecule has 1 aliphatic carbocycles. The van der Waals surface area contributed by atoms with Gasteiger partial charge in [-0.2, -0.15) is 8.78 Å². The van der Waals surface area contributed by atoms with E-state index in [2.05, 4.69) is 4.74 Å². The third-order valence-electron chi connectivity index (χ3n) is 7.21. The van der Waals surface area contributed by atoms with Crippen molar-refractivity contribution in [1.82, 2.24) is 0 Å². The molecule has 4 rings (SSSR count). The Balaban J connectivity index is 1.29. The molecule has 0 spiro atoms. The first-order chi connectivity index (χ1) is 16.4. The lowest BCUT2D eigenvalue weighted by atomic mass is 9.72. The van der Waals surface area contributed by atoms with E-state index in [1.54, 1.807) is 19.1 Å². The first-order valence-electron chi connectivity index (χ1n) is 11.9. The quantitative estimate of drug-likeness (QED) is 0.236. The van der Waals surface area contributed by atoms with Crippen molar-refractivity contribution in [1.29, 1.82) is 0 Å². The summed E-state index contributed by atoms with van der Waals surface area (Å²) in [5.41, 5.74) is 1.62. The van der Waals surface area contributed by atoms with Crippen molar-refractivity contribution in [3.05, 3.63) is 76.6 Å². The van der Waals surface area contributed by atoms with E-state index in [1.165, 1.54) is 0 Å². The molecule has 1 aliphatic heterocycles. The van der Waals surface area contributed by atoms with Gasteiger partial charge in [0.15, 0.2) is 17.5 Å². The van der Waals surface area contributed by atoms with Crippen LogP contribution in [0.25, 0.3) is 5.83 Å². The number of ether oxygens (including phenoxy) is 2. The Bertz CT molecular complexity index is 981. The highest BCUT2D eigenvalue weighted by atomic mass is 19.2. The maximum Gasteiger partial charge on any atom is 0.309 e. The van der Waals surface area contributed by atoms with Crippen LogP contribution >= 0.6 is 0 Å². The van der Waals surface area contributed by atoms with Gasteiger partial charge in [0.1, 0.15) is 0 Å². The van der Waals surface area contributed by atoms with Gasteiger partial charge in [-0.3, -0.25) is 0 Å². The molecule has 34 heavy (non-hydrogen) atoms. The van der Waals surface area contributed by atoms with Gasteiger partial charge in [0, 0.05) is 5.56 Å². The second kappa shape index (κ2) is 10.9. The minimum Gasteiger partial charge on any atom is -0.469 e. The van der Waals surface area contributed by atoms with E-state index < -0.39 is 35.4 Å². The van der Waals surface area contributed by atoms with Crippen LogP contribution in [0.1, 0.15) is 74.2 Å². The molecule has 2 fully saturated rings. The molecule has 0 aromatic heterocycles. The molecule has 184 valence electrons. The predicted octanol–water partition coefficient (Wildman–Crippen LogP) is 8.15. The van der Waals surface area contributed by atoms with Crippen molar-refractivity contribution >= 4 is 5.83 Å². The normalized spacial score (nSPS) is 26.2. The van der Waals surface area contributed by atoms with E-state index in [0.717, 1.165) is 49.8 Å². The number of rotatable bonds is 6. The molecular weight excluding hydrogens is 451 g/mol. The van der Waals surface area contributed by atoms with Crippen LogP contribution in [0.4, 0.5) is 22.0 Å². The molecule has 2 aromatic carbocycles. The maximum atomic E-state index is 14.1. The van der Waals surface area contributed by atoms with Gasteiger partial charge in [0.2, 0.25) is 5.83 Å². The highest BCUT2D eigenvalue weighted by molar-refractivity contribution is 5.60. The molecule has 7 heteroatoms. The van der Waals surface area contributed by atoms with Crippen molar-refractivity contribution in [3.63, 3.8) is 0 Å². The molecule has 1 heterocycles. The van der Waals surface area contributed by atoms with Crippen molar-refractivity contribution in [2.45, 2.75) is 57.5 Å². The van der Waals surface area contributed by atoms with Crippen molar-refractivity contribution in [2.75, 3.05) is 13.2 Å². The second-order valence-corrected chi connectivity index (χ2v) is 9.21. The first kappa shape index (κ1) is 24.7. The van der Waals surface area contributed by atoms with Crippen LogP contribution < -0.4 is 0 Å². The van der Waals surface area contributed by atoms with E-state index in [1.807, 2.05) is 12.1 Å². The average molecular weight is 481 g/mol. The van der Waals surface area contributed by atoms with Gasteiger partial charge in [-0.25, -0.2) is 13.2 Å². The van der Waals surface area contributed by atoms with Gasteiger partial charge in [0.25, 0.3) is 0 Å². The lowest BCUT2D eigenvalue weighted by Gasteiger charge is -2.38. The summed E-state index contributed by atoms with van der Waals surface area (Å²) in [6.45, 7) is 2.18. The third kappa shape index (κ3) is 5.45. The van der Waals surface area contributed by atoms with E-state index >= 15 is 0 Å². The summed E-state index contributed by atoms with van der Waals surface area (Å²) in [7, 11) is 0. The lowest BCUT2D eigenvalue weighted by Crippen LogP contribution is -2.29. The fourth-order valence-electron chi connectivity index (χ4n) is 5.30. The molecule has 2 nitrogen and oxygen atoms in total. The summed E-state index contributed by atoms with van der Waals surface area (Å²) >= 11 is 0. The van der Waals surface area contributed by atoms with Crippen LogP contribution in [-0.2, 0) is 9.47 Å². The predicted molar refractivity (Wildman–Crippen MR) is 120 cm³/mol. The molecule has 2 unspecified atom stereocenters. The Morgan fingerprint density at radius 2 is 1.47 bits per heavy atom. The molecule has 0 amide bonds. The molecule has 2 atom stereocenters. The van der Waals surface area contributed by atoms with Crippen LogP contribution in [0.3, 0.4) is 0 Å². The number of halogens is 5. The molecule has 2 aliphatic rings. The summed E-state index contributed by atoms with van der Waals surface area (Å²) < 4.78 is 78.5. The number of hydrogen-bond donors (Lipinski definition) is 0. The zero-order chi connectivity index (χ0) is 24.2. The van der Waals surface area contributed by atoms with E-state index in [0.29, 0.717) is 36.3 Å². The molecule has 1 saturated heterocycles. The summed E-state index contributed by atoms with van der Waals surface area (Å²) in [6.07, 6.45) is 5.21. The van der Waals surface area contributed by atoms with Gasteiger partial charge in [-0.15, -0.1) is 0 Å².